The van der Waals surface area contributed by atoms with E-state index in [0.717, 1.165) is 32.4 Å². The second-order valence-corrected chi connectivity index (χ2v) is 9.83. The van der Waals surface area contributed by atoms with Crippen LogP contribution in [-0.2, 0) is 9.53 Å². The quantitative estimate of drug-likeness (QED) is 0.552. The zero-order chi connectivity index (χ0) is 22.7. The van der Waals surface area contributed by atoms with Gasteiger partial charge in [-0.1, -0.05) is 74.5 Å². The fourth-order valence-corrected chi connectivity index (χ4v) is 6.23. The van der Waals surface area contributed by atoms with E-state index in [9.17, 15) is 4.79 Å². The van der Waals surface area contributed by atoms with Gasteiger partial charge in [0.1, 0.15) is 6.10 Å². The number of hydrogen-bond donors (Lipinski definition) is 0. The molecule has 0 amide bonds. The molecule has 172 valence electrons. The van der Waals surface area contributed by atoms with Crippen LogP contribution in [-0.4, -0.2) is 61.1 Å². The van der Waals surface area contributed by atoms with Crippen molar-refractivity contribution >= 4 is 5.97 Å². The minimum absolute atomic E-state index is 0.0237. The molecule has 2 aromatic rings. The summed E-state index contributed by atoms with van der Waals surface area (Å²) in [6.07, 6.45) is 3.07. The van der Waals surface area contributed by atoms with Crippen molar-refractivity contribution < 1.29 is 9.53 Å². The Labute approximate surface area is 193 Å². The fraction of sp³-hybridized carbons (Fsp3) is 0.536. The van der Waals surface area contributed by atoms with Gasteiger partial charge in [0.25, 0.3) is 0 Å². The van der Waals surface area contributed by atoms with Gasteiger partial charge in [-0.25, -0.2) is 0 Å². The van der Waals surface area contributed by atoms with E-state index in [4.69, 9.17) is 4.74 Å². The number of hydrogen-bond acceptors (Lipinski definition) is 4. The van der Waals surface area contributed by atoms with Gasteiger partial charge < -0.3 is 9.64 Å². The molecule has 4 heteroatoms. The Bertz CT molecular complexity index is 829. The molecule has 5 rings (SSSR count). The second kappa shape index (κ2) is 9.76. The average molecular weight is 435 g/mol. The van der Waals surface area contributed by atoms with Gasteiger partial charge in [-0.3, -0.25) is 9.69 Å². The van der Waals surface area contributed by atoms with Crippen molar-refractivity contribution in [2.24, 2.45) is 5.92 Å². The van der Waals surface area contributed by atoms with Crippen molar-refractivity contribution in [1.29, 1.82) is 0 Å². The van der Waals surface area contributed by atoms with Crippen LogP contribution in [0.3, 0.4) is 0 Å². The predicted molar refractivity (Wildman–Crippen MR) is 130 cm³/mol. The Balaban J connectivity index is 1.72. The summed E-state index contributed by atoms with van der Waals surface area (Å²) in [7, 11) is 4.40. The maximum atomic E-state index is 13.0. The highest BCUT2D eigenvalue weighted by Gasteiger charge is 2.58. The summed E-state index contributed by atoms with van der Waals surface area (Å²) >= 11 is 0. The van der Waals surface area contributed by atoms with Crippen LogP contribution in [0.2, 0.25) is 0 Å². The molecule has 3 unspecified atom stereocenters. The number of esters is 1. The Kier molecular flexibility index (Phi) is 7.02. The molecule has 2 bridgehead atoms. The van der Waals surface area contributed by atoms with E-state index in [2.05, 4.69) is 98.4 Å². The number of rotatable bonds is 8. The van der Waals surface area contributed by atoms with Crippen LogP contribution < -0.4 is 0 Å². The van der Waals surface area contributed by atoms with Gasteiger partial charge >= 0.3 is 5.97 Å². The normalized spacial score (nSPS) is 29.4. The summed E-state index contributed by atoms with van der Waals surface area (Å²) in [6, 6.07) is 21.7. The standard InChI is InChI=1S/C28H38N2O2/c1-5-30(6-2)20-26(31)32-25-19-28(29(3)4)17-23(21-13-9-7-10-14-21)27(25)24(18-28)22-15-11-8-12-16-22/h7-16,23-25,27H,5-6,17-20H2,1-4H3. The number of benzene rings is 2. The molecule has 0 radical (unpaired) electrons. The molecule has 3 aliphatic rings. The molecule has 0 N–H and O–H groups in total. The van der Waals surface area contributed by atoms with Crippen molar-refractivity contribution in [3.05, 3.63) is 71.8 Å². The molecular weight excluding hydrogens is 396 g/mol. The zero-order valence-electron chi connectivity index (χ0n) is 20.0. The van der Waals surface area contributed by atoms with E-state index in [1.807, 2.05) is 0 Å². The maximum absolute atomic E-state index is 13.0. The summed E-state index contributed by atoms with van der Waals surface area (Å²) in [5, 5.41) is 0. The number of nitrogens with zero attached hydrogens (tertiary/aromatic N) is 2. The van der Waals surface area contributed by atoms with Crippen LogP contribution >= 0.6 is 0 Å². The van der Waals surface area contributed by atoms with Crippen LogP contribution in [0.25, 0.3) is 0 Å². The molecule has 0 spiro atoms. The SMILES string of the molecule is CCN(CC)CC(=O)OC1CC2(N(C)C)CC(c3ccccc3)C1C(c1ccccc1)C2. The van der Waals surface area contributed by atoms with Crippen LogP contribution in [0.5, 0.6) is 0 Å². The molecule has 3 aliphatic carbocycles. The highest BCUT2D eigenvalue weighted by Crippen LogP contribution is 2.60. The van der Waals surface area contributed by atoms with Crippen molar-refractivity contribution in [3.63, 3.8) is 0 Å². The topological polar surface area (TPSA) is 32.8 Å². The summed E-state index contributed by atoms with van der Waals surface area (Å²) in [4.78, 5) is 17.5. The van der Waals surface area contributed by atoms with Crippen molar-refractivity contribution in [2.75, 3.05) is 33.7 Å². The first-order chi connectivity index (χ1) is 15.5. The largest absolute Gasteiger partial charge is 0.461 e. The third-order valence-corrected chi connectivity index (χ3v) is 8.07. The Morgan fingerprint density at radius 2 is 1.38 bits per heavy atom. The Hall–Kier alpha value is -2.17. The lowest BCUT2D eigenvalue weighted by Crippen LogP contribution is -2.61. The van der Waals surface area contributed by atoms with Gasteiger partial charge in [-0.2, -0.15) is 0 Å². The van der Waals surface area contributed by atoms with E-state index < -0.39 is 0 Å². The predicted octanol–water partition coefficient (Wildman–Crippen LogP) is 4.92. The molecule has 3 saturated carbocycles. The van der Waals surface area contributed by atoms with Gasteiger partial charge in [0.2, 0.25) is 0 Å². The van der Waals surface area contributed by atoms with Gasteiger partial charge in [0.05, 0.1) is 6.54 Å². The first-order valence-corrected chi connectivity index (χ1v) is 12.2. The lowest BCUT2D eigenvalue weighted by Gasteiger charge is -2.60. The first-order valence-electron chi connectivity index (χ1n) is 12.2. The fourth-order valence-electron chi connectivity index (χ4n) is 6.23. The average Bonchev–Trinajstić information content (AvgIpc) is 2.83. The molecule has 3 atom stereocenters. The lowest BCUT2D eigenvalue weighted by atomic mass is 9.52. The van der Waals surface area contributed by atoms with E-state index in [-0.39, 0.29) is 17.6 Å². The van der Waals surface area contributed by atoms with E-state index >= 15 is 0 Å². The second-order valence-electron chi connectivity index (χ2n) is 9.83. The van der Waals surface area contributed by atoms with Crippen molar-refractivity contribution in [2.45, 2.75) is 56.6 Å². The molecule has 32 heavy (non-hydrogen) atoms. The molecule has 0 aliphatic heterocycles. The molecule has 2 aromatic carbocycles. The molecule has 0 saturated heterocycles. The van der Waals surface area contributed by atoms with E-state index in [1.165, 1.54) is 11.1 Å². The number of likely N-dealkylation sites (N-methyl/N-ethyl adjacent to an activating group) is 1. The third kappa shape index (κ3) is 4.49. The summed E-state index contributed by atoms with van der Waals surface area (Å²) < 4.78 is 6.33. The zero-order valence-corrected chi connectivity index (χ0v) is 20.0. The van der Waals surface area contributed by atoms with Crippen molar-refractivity contribution in [1.82, 2.24) is 9.80 Å². The van der Waals surface area contributed by atoms with Gasteiger partial charge in [-0.15, -0.1) is 0 Å². The molecule has 0 aromatic heterocycles. The molecule has 4 nitrogen and oxygen atoms in total. The van der Waals surface area contributed by atoms with E-state index in [1.54, 1.807) is 0 Å². The lowest BCUT2D eigenvalue weighted by molar-refractivity contribution is -0.168. The van der Waals surface area contributed by atoms with Gasteiger partial charge in [0.15, 0.2) is 0 Å². The van der Waals surface area contributed by atoms with Crippen LogP contribution in [0.4, 0.5) is 0 Å². The van der Waals surface area contributed by atoms with Crippen molar-refractivity contribution in [3.8, 4) is 0 Å². The molecular formula is C28H38N2O2. The van der Waals surface area contributed by atoms with Crippen LogP contribution in [0.1, 0.15) is 56.1 Å². The smallest absolute Gasteiger partial charge is 0.320 e. The summed E-state index contributed by atoms with van der Waals surface area (Å²) in [5.41, 5.74) is 2.76. The Morgan fingerprint density at radius 3 is 1.81 bits per heavy atom. The summed E-state index contributed by atoms with van der Waals surface area (Å²) in [5.74, 6) is 0.955. The number of carbonyl (C=O) groups excluding carboxylic acids is 1. The van der Waals surface area contributed by atoms with Crippen LogP contribution in [0.15, 0.2) is 60.7 Å². The van der Waals surface area contributed by atoms with E-state index in [0.29, 0.717) is 24.3 Å². The van der Waals surface area contributed by atoms with Gasteiger partial charge in [-0.05, 0) is 63.0 Å². The number of carbonyl (C=O) groups is 1. The van der Waals surface area contributed by atoms with Gasteiger partial charge in [0, 0.05) is 17.9 Å². The first kappa shape index (κ1) is 23.0. The third-order valence-electron chi connectivity index (χ3n) is 8.07. The minimum atomic E-state index is -0.0845. The highest BCUT2D eigenvalue weighted by atomic mass is 16.5. The molecule has 0 heterocycles. The minimum Gasteiger partial charge on any atom is -0.461 e. The number of ether oxygens (including phenoxy) is 1. The number of fused-ring (bicyclic) bond motifs is 3. The maximum Gasteiger partial charge on any atom is 0.320 e. The summed E-state index contributed by atoms with van der Waals surface area (Å²) in [6.45, 7) is 6.28. The van der Waals surface area contributed by atoms with Crippen LogP contribution in [0, 0.1) is 5.92 Å². The molecule has 3 fully saturated rings. The highest BCUT2D eigenvalue weighted by molar-refractivity contribution is 5.72. The Morgan fingerprint density at radius 1 is 0.875 bits per heavy atom. The monoisotopic (exact) mass is 434 g/mol.